The number of aromatic nitrogens is 4. The Morgan fingerprint density at radius 3 is 2.95 bits per heavy atom. The molecule has 0 amide bonds. The molecule has 4 aromatic rings. The second-order valence-corrected chi connectivity index (χ2v) is 6.74. The Hall–Kier alpha value is -1.79. The van der Waals surface area contributed by atoms with Crippen molar-refractivity contribution < 1.29 is 0 Å². The van der Waals surface area contributed by atoms with Gasteiger partial charge < -0.3 is 9.55 Å². The Morgan fingerprint density at radius 1 is 1.23 bits per heavy atom. The number of rotatable bonds is 3. The zero-order chi connectivity index (χ0) is 15.1. The van der Waals surface area contributed by atoms with Gasteiger partial charge >= 0.3 is 0 Å². The van der Waals surface area contributed by atoms with Crippen molar-refractivity contribution in [2.24, 2.45) is 0 Å². The molecule has 6 heteroatoms. The van der Waals surface area contributed by atoms with E-state index in [-0.39, 0.29) is 0 Å². The quantitative estimate of drug-likeness (QED) is 0.540. The van der Waals surface area contributed by atoms with Gasteiger partial charge in [-0.05, 0) is 24.5 Å². The van der Waals surface area contributed by atoms with E-state index in [2.05, 4.69) is 59.7 Å². The third-order valence-electron chi connectivity index (χ3n) is 3.82. The first-order valence-corrected chi connectivity index (χ1v) is 8.87. The molecule has 0 bridgehead atoms. The first-order chi connectivity index (χ1) is 10.8. The van der Waals surface area contributed by atoms with Gasteiger partial charge in [0.2, 0.25) is 0 Å². The predicted octanol–water partition coefficient (Wildman–Crippen LogP) is 4.45. The molecule has 22 heavy (non-hydrogen) atoms. The molecule has 1 N–H and O–H groups in total. The van der Waals surface area contributed by atoms with E-state index >= 15 is 0 Å². The molecule has 3 aromatic heterocycles. The number of hydrogen-bond acceptors (Lipinski definition) is 3. The van der Waals surface area contributed by atoms with Crippen molar-refractivity contribution in [3.63, 3.8) is 0 Å². The monoisotopic (exact) mass is 372 g/mol. The van der Waals surface area contributed by atoms with Crippen LogP contribution >= 0.6 is 27.7 Å². The number of aromatic amines is 1. The Balaban J connectivity index is 1.99. The highest BCUT2D eigenvalue weighted by atomic mass is 79.9. The molecular formula is C16H13BrN4S. The first-order valence-electron chi connectivity index (χ1n) is 6.85. The van der Waals surface area contributed by atoms with Gasteiger partial charge in [-0.2, -0.15) is 0 Å². The fourth-order valence-electron chi connectivity index (χ4n) is 2.84. The molecule has 3 heterocycles. The van der Waals surface area contributed by atoms with E-state index in [0.29, 0.717) is 0 Å². The van der Waals surface area contributed by atoms with Crippen LogP contribution in [0.3, 0.4) is 0 Å². The minimum atomic E-state index is 0.748. The van der Waals surface area contributed by atoms with E-state index < -0.39 is 0 Å². The summed E-state index contributed by atoms with van der Waals surface area (Å²) in [6.45, 7) is 0.748. The van der Waals surface area contributed by atoms with Gasteiger partial charge in [0.05, 0.1) is 35.8 Å². The molecule has 0 radical (unpaired) electrons. The van der Waals surface area contributed by atoms with E-state index in [1.807, 2.05) is 18.6 Å². The van der Waals surface area contributed by atoms with Crippen LogP contribution in [0.2, 0.25) is 0 Å². The van der Waals surface area contributed by atoms with Gasteiger partial charge in [-0.3, -0.25) is 4.98 Å². The summed E-state index contributed by atoms with van der Waals surface area (Å²) in [7, 11) is 0. The lowest BCUT2D eigenvalue weighted by Gasteiger charge is -2.07. The summed E-state index contributed by atoms with van der Waals surface area (Å²) in [6.07, 6.45) is 7.57. The van der Waals surface area contributed by atoms with E-state index in [0.717, 1.165) is 27.3 Å². The smallest absolute Gasteiger partial charge is 0.119 e. The molecule has 0 aliphatic heterocycles. The van der Waals surface area contributed by atoms with Crippen molar-refractivity contribution in [2.75, 3.05) is 6.26 Å². The number of imidazole rings is 1. The van der Waals surface area contributed by atoms with Gasteiger partial charge in [0.1, 0.15) is 5.03 Å². The van der Waals surface area contributed by atoms with Crippen LogP contribution in [0.25, 0.3) is 21.8 Å². The largest absolute Gasteiger partial charge is 0.346 e. The summed E-state index contributed by atoms with van der Waals surface area (Å²) in [5.41, 5.74) is 3.45. The third kappa shape index (κ3) is 2.14. The van der Waals surface area contributed by atoms with Crippen molar-refractivity contribution in [2.45, 2.75) is 11.6 Å². The van der Waals surface area contributed by atoms with Crippen LogP contribution < -0.4 is 0 Å². The molecule has 0 unspecified atom stereocenters. The Labute approximate surface area is 140 Å². The van der Waals surface area contributed by atoms with Crippen LogP contribution in [0.5, 0.6) is 0 Å². The van der Waals surface area contributed by atoms with Gasteiger partial charge in [-0.25, -0.2) is 4.98 Å². The second kappa shape index (κ2) is 5.44. The SMILES string of the molecule is CSc1nc[nH]c1Cn1c2cnccc2c2ccc(Br)cc21. The molecule has 0 saturated carbocycles. The van der Waals surface area contributed by atoms with Crippen molar-refractivity contribution >= 4 is 49.5 Å². The van der Waals surface area contributed by atoms with Gasteiger partial charge in [-0.15, -0.1) is 11.8 Å². The maximum atomic E-state index is 4.36. The Kier molecular flexibility index (Phi) is 3.43. The maximum Gasteiger partial charge on any atom is 0.119 e. The molecule has 1 aromatic carbocycles. The van der Waals surface area contributed by atoms with Gasteiger partial charge in [0.25, 0.3) is 0 Å². The van der Waals surface area contributed by atoms with E-state index in [4.69, 9.17) is 0 Å². The van der Waals surface area contributed by atoms with Crippen LogP contribution in [0.15, 0.2) is 52.5 Å². The van der Waals surface area contributed by atoms with Crippen molar-refractivity contribution in [3.8, 4) is 0 Å². The molecule has 0 fully saturated rings. The average Bonchev–Trinajstić information content (AvgIpc) is 3.11. The number of halogens is 1. The van der Waals surface area contributed by atoms with Crippen LogP contribution in [0.4, 0.5) is 0 Å². The normalized spacial score (nSPS) is 11.5. The number of hydrogen-bond donors (Lipinski definition) is 1. The first kappa shape index (κ1) is 13.8. The molecule has 4 rings (SSSR count). The molecule has 0 aliphatic rings. The van der Waals surface area contributed by atoms with E-state index in [9.17, 15) is 0 Å². The lowest BCUT2D eigenvalue weighted by Crippen LogP contribution is -2.01. The number of nitrogens with zero attached hydrogens (tertiary/aromatic N) is 3. The zero-order valence-corrected chi connectivity index (χ0v) is 14.3. The summed E-state index contributed by atoms with van der Waals surface area (Å²) < 4.78 is 3.36. The molecule has 0 atom stereocenters. The highest BCUT2D eigenvalue weighted by Gasteiger charge is 2.13. The summed E-state index contributed by atoms with van der Waals surface area (Å²) in [5.74, 6) is 0. The molecule has 4 nitrogen and oxygen atoms in total. The average molecular weight is 373 g/mol. The van der Waals surface area contributed by atoms with Crippen LogP contribution in [0.1, 0.15) is 5.69 Å². The van der Waals surface area contributed by atoms with Gasteiger partial charge in [0, 0.05) is 21.4 Å². The minimum Gasteiger partial charge on any atom is -0.346 e. The number of pyridine rings is 1. The van der Waals surface area contributed by atoms with Gasteiger partial charge in [0.15, 0.2) is 0 Å². The highest BCUT2D eigenvalue weighted by Crippen LogP contribution is 2.31. The van der Waals surface area contributed by atoms with E-state index in [1.54, 1.807) is 18.1 Å². The minimum absolute atomic E-state index is 0.748. The van der Waals surface area contributed by atoms with Crippen LogP contribution in [-0.4, -0.2) is 25.8 Å². The summed E-state index contributed by atoms with van der Waals surface area (Å²) in [6, 6.07) is 8.46. The lowest BCUT2D eigenvalue weighted by molar-refractivity contribution is 0.819. The Morgan fingerprint density at radius 2 is 2.09 bits per heavy atom. The molecule has 0 saturated heterocycles. The fraction of sp³-hybridized carbons (Fsp3) is 0.125. The number of fused-ring (bicyclic) bond motifs is 3. The van der Waals surface area contributed by atoms with Crippen LogP contribution in [-0.2, 0) is 6.54 Å². The number of thioether (sulfide) groups is 1. The molecule has 0 aliphatic carbocycles. The Bertz CT molecular complexity index is 973. The number of nitrogens with one attached hydrogen (secondary N) is 1. The summed E-state index contributed by atoms with van der Waals surface area (Å²) >= 11 is 5.23. The molecular weight excluding hydrogens is 360 g/mol. The van der Waals surface area contributed by atoms with Crippen molar-refractivity contribution in [1.29, 1.82) is 0 Å². The standard InChI is InChI=1S/C16H13BrN4S/c1-22-16-13(19-9-20-16)8-21-14-6-10(17)2-3-11(14)12-4-5-18-7-15(12)21/h2-7,9H,8H2,1H3,(H,19,20). The predicted molar refractivity (Wildman–Crippen MR) is 94.4 cm³/mol. The fourth-order valence-corrected chi connectivity index (χ4v) is 3.72. The topological polar surface area (TPSA) is 46.5 Å². The summed E-state index contributed by atoms with van der Waals surface area (Å²) in [5, 5.41) is 3.50. The zero-order valence-electron chi connectivity index (χ0n) is 11.9. The van der Waals surface area contributed by atoms with Gasteiger partial charge in [-0.1, -0.05) is 22.0 Å². The van der Waals surface area contributed by atoms with Crippen molar-refractivity contribution in [1.82, 2.24) is 19.5 Å². The second-order valence-electron chi connectivity index (χ2n) is 5.03. The number of H-pyrrole nitrogens is 1. The molecule has 110 valence electrons. The van der Waals surface area contributed by atoms with Crippen LogP contribution in [0, 0.1) is 0 Å². The molecule has 0 spiro atoms. The summed E-state index contributed by atoms with van der Waals surface area (Å²) in [4.78, 5) is 11.9. The van der Waals surface area contributed by atoms with E-state index in [1.165, 1.54) is 16.3 Å². The van der Waals surface area contributed by atoms with Crippen molar-refractivity contribution in [3.05, 3.63) is 53.2 Å². The number of benzene rings is 1. The maximum absolute atomic E-state index is 4.36. The lowest BCUT2D eigenvalue weighted by atomic mass is 10.2. The third-order valence-corrected chi connectivity index (χ3v) is 5.05. The highest BCUT2D eigenvalue weighted by molar-refractivity contribution is 9.10.